The molecule has 0 N–H and O–H groups in total. The molecule has 5 rings (SSSR count). The molecule has 1 unspecified atom stereocenters. The zero-order valence-electron chi connectivity index (χ0n) is 15.4. The van der Waals surface area contributed by atoms with Gasteiger partial charge in [-0.25, -0.2) is 0 Å². The van der Waals surface area contributed by atoms with Gasteiger partial charge >= 0.3 is 0 Å². The number of methoxy groups -OCH3 is 1. The van der Waals surface area contributed by atoms with Crippen LogP contribution in [0.2, 0.25) is 0 Å². The van der Waals surface area contributed by atoms with Crippen LogP contribution in [-0.2, 0) is 13.0 Å². The van der Waals surface area contributed by atoms with E-state index in [0.717, 1.165) is 18.3 Å². The van der Waals surface area contributed by atoms with Gasteiger partial charge in [-0.2, -0.15) is 0 Å². The Morgan fingerprint density at radius 2 is 1.80 bits per heavy atom. The number of rotatable bonds is 1. The predicted molar refractivity (Wildman–Crippen MR) is 105 cm³/mol. The summed E-state index contributed by atoms with van der Waals surface area (Å²) >= 11 is 0. The Morgan fingerprint density at radius 1 is 0.960 bits per heavy atom. The largest absolute Gasteiger partial charge is 0.496 e. The quantitative estimate of drug-likeness (QED) is 0.573. The molecule has 0 aromatic heterocycles. The van der Waals surface area contributed by atoms with Gasteiger partial charge in [0.1, 0.15) is 5.75 Å². The van der Waals surface area contributed by atoms with Crippen molar-refractivity contribution in [3.05, 3.63) is 52.6 Å². The first-order chi connectivity index (χ1) is 12.2. The fourth-order valence-electron chi connectivity index (χ4n) is 5.04. The first kappa shape index (κ1) is 15.2. The molecule has 128 valence electrons. The summed E-state index contributed by atoms with van der Waals surface area (Å²) in [4.78, 5) is 2.69. The minimum absolute atomic E-state index is 0.738. The van der Waals surface area contributed by atoms with Crippen molar-refractivity contribution in [1.29, 1.82) is 0 Å². The van der Waals surface area contributed by atoms with Crippen molar-refractivity contribution in [3.63, 3.8) is 0 Å². The molecule has 2 nitrogen and oxygen atoms in total. The van der Waals surface area contributed by atoms with Crippen LogP contribution in [0.25, 0.3) is 21.5 Å². The lowest BCUT2D eigenvalue weighted by Crippen LogP contribution is -2.35. The molecule has 1 fully saturated rings. The lowest BCUT2D eigenvalue weighted by molar-refractivity contribution is 0.229. The maximum atomic E-state index is 5.65. The number of nitrogens with zero attached hydrogens (tertiary/aromatic N) is 1. The SMILES string of the molecule is COc1cc2c3c(c4ccc(C)cc4c2cc1C)CC1CCCN1C3. The van der Waals surface area contributed by atoms with Crippen LogP contribution >= 0.6 is 0 Å². The van der Waals surface area contributed by atoms with Gasteiger partial charge in [-0.15, -0.1) is 0 Å². The summed E-state index contributed by atoms with van der Waals surface area (Å²) < 4.78 is 5.65. The smallest absolute Gasteiger partial charge is 0.122 e. The van der Waals surface area contributed by atoms with Crippen molar-refractivity contribution in [2.75, 3.05) is 13.7 Å². The fraction of sp³-hybridized carbons (Fsp3) is 0.391. The van der Waals surface area contributed by atoms with Gasteiger partial charge in [0, 0.05) is 12.6 Å². The summed E-state index contributed by atoms with van der Waals surface area (Å²) in [5.74, 6) is 1.00. The highest BCUT2D eigenvalue weighted by Gasteiger charge is 2.32. The molecule has 2 heterocycles. The van der Waals surface area contributed by atoms with Crippen molar-refractivity contribution in [2.24, 2.45) is 0 Å². The zero-order chi connectivity index (χ0) is 17.1. The molecule has 0 radical (unpaired) electrons. The zero-order valence-corrected chi connectivity index (χ0v) is 15.4. The van der Waals surface area contributed by atoms with E-state index in [2.05, 4.69) is 49.1 Å². The average molecular weight is 331 g/mol. The molecule has 0 spiro atoms. The molecule has 2 aliphatic rings. The van der Waals surface area contributed by atoms with Crippen molar-refractivity contribution >= 4 is 21.5 Å². The van der Waals surface area contributed by atoms with Gasteiger partial charge in [-0.1, -0.05) is 23.8 Å². The summed E-state index contributed by atoms with van der Waals surface area (Å²) in [6.07, 6.45) is 3.89. The monoisotopic (exact) mass is 331 g/mol. The molecule has 3 aromatic rings. The van der Waals surface area contributed by atoms with Crippen LogP contribution in [-0.4, -0.2) is 24.6 Å². The van der Waals surface area contributed by atoms with Crippen LogP contribution in [0, 0.1) is 13.8 Å². The number of hydrogen-bond donors (Lipinski definition) is 0. The minimum Gasteiger partial charge on any atom is -0.496 e. The third kappa shape index (κ3) is 2.20. The molecule has 0 saturated carbocycles. The number of ether oxygens (including phenoxy) is 1. The van der Waals surface area contributed by atoms with E-state index in [-0.39, 0.29) is 0 Å². The molecule has 0 bridgehead atoms. The van der Waals surface area contributed by atoms with Gasteiger partial charge in [0.15, 0.2) is 0 Å². The van der Waals surface area contributed by atoms with Crippen LogP contribution in [0.1, 0.15) is 35.1 Å². The average Bonchev–Trinajstić information content (AvgIpc) is 3.07. The van der Waals surface area contributed by atoms with Crippen LogP contribution in [0.4, 0.5) is 0 Å². The van der Waals surface area contributed by atoms with Gasteiger partial charge in [-0.05, 0) is 90.0 Å². The maximum absolute atomic E-state index is 5.65. The maximum Gasteiger partial charge on any atom is 0.122 e. The van der Waals surface area contributed by atoms with Gasteiger partial charge in [0.2, 0.25) is 0 Å². The molecule has 2 aliphatic heterocycles. The van der Waals surface area contributed by atoms with Gasteiger partial charge in [0.05, 0.1) is 7.11 Å². The second-order valence-corrected chi connectivity index (χ2v) is 7.84. The van der Waals surface area contributed by atoms with E-state index in [0.29, 0.717) is 0 Å². The Balaban J connectivity index is 1.90. The Hall–Kier alpha value is -2.06. The van der Waals surface area contributed by atoms with Crippen LogP contribution in [0.5, 0.6) is 5.75 Å². The fourth-order valence-corrected chi connectivity index (χ4v) is 5.04. The predicted octanol–water partition coefficient (Wildman–Crippen LogP) is 5.14. The van der Waals surface area contributed by atoms with Gasteiger partial charge < -0.3 is 4.74 Å². The van der Waals surface area contributed by atoms with Crippen molar-refractivity contribution in [2.45, 2.75) is 45.7 Å². The van der Waals surface area contributed by atoms with Gasteiger partial charge in [-0.3, -0.25) is 4.90 Å². The summed E-state index contributed by atoms with van der Waals surface area (Å²) in [7, 11) is 1.78. The third-order valence-corrected chi connectivity index (χ3v) is 6.31. The van der Waals surface area contributed by atoms with E-state index >= 15 is 0 Å². The lowest BCUT2D eigenvalue weighted by Gasteiger charge is -2.33. The molecule has 2 heteroatoms. The van der Waals surface area contributed by atoms with E-state index in [1.165, 1.54) is 64.0 Å². The van der Waals surface area contributed by atoms with Crippen LogP contribution in [0.15, 0.2) is 30.3 Å². The molecule has 1 saturated heterocycles. The summed E-state index contributed by atoms with van der Waals surface area (Å²) in [6, 6.07) is 12.3. The molecular formula is C23H25NO. The molecule has 1 atom stereocenters. The number of aryl methyl sites for hydroxylation is 2. The topological polar surface area (TPSA) is 12.5 Å². The second-order valence-electron chi connectivity index (χ2n) is 7.84. The van der Waals surface area contributed by atoms with Crippen LogP contribution < -0.4 is 4.74 Å². The summed E-state index contributed by atoms with van der Waals surface area (Å²) in [5, 5.41) is 5.64. The van der Waals surface area contributed by atoms with Crippen molar-refractivity contribution in [1.82, 2.24) is 4.90 Å². The Morgan fingerprint density at radius 3 is 2.64 bits per heavy atom. The number of fused-ring (bicyclic) bond motifs is 7. The summed E-state index contributed by atoms with van der Waals surface area (Å²) in [6.45, 7) is 6.68. The van der Waals surface area contributed by atoms with E-state index in [1.807, 2.05) is 0 Å². The molecule has 0 amide bonds. The highest BCUT2D eigenvalue weighted by atomic mass is 16.5. The van der Waals surface area contributed by atoms with Crippen molar-refractivity contribution < 1.29 is 4.74 Å². The minimum atomic E-state index is 0.738. The Bertz CT molecular complexity index is 1000. The molecule has 25 heavy (non-hydrogen) atoms. The normalized spacial score (nSPS) is 20.0. The third-order valence-electron chi connectivity index (χ3n) is 6.31. The molecule has 3 aromatic carbocycles. The van der Waals surface area contributed by atoms with E-state index < -0.39 is 0 Å². The number of benzene rings is 3. The van der Waals surface area contributed by atoms with Gasteiger partial charge in [0.25, 0.3) is 0 Å². The standard InChI is InChI=1S/C23H25NO/c1-14-6-7-17-18(9-14)19-10-15(2)23(25-3)12-21(19)22-13-24-8-4-5-16(24)11-20(17)22/h6-7,9-10,12,16H,4-5,8,11,13H2,1-3H3. The Labute approximate surface area is 149 Å². The summed E-state index contributed by atoms with van der Waals surface area (Å²) in [5.41, 5.74) is 5.66. The Kier molecular flexibility index (Phi) is 3.33. The highest BCUT2D eigenvalue weighted by Crippen LogP contribution is 2.41. The molecular weight excluding hydrogens is 306 g/mol. The number of hydrogen-bond acceptors (Lipinski definition) is 2. The van der Waals surface area contributed by atoms with E-state index in [1.54, 1.807) is 12.7 Å². The van der Waals surface area contributed by atoms with E-state index in [4.69, 9.17) is 4.74 Å². The first-order valence-electron chi connectivity index (χ1n) is 9.42. The lowest BCUT2D eigenvalue weighted by atomic mass is 9.84. The second kappa shape index (κ2) is 5.47. The molecule has 0 aliphatic carbocycles. The van der Waals surface area contributed by atoms with Crippen molar-refractivity contribution in [3.8, 4) is 5.75 Å². The highest BCUT2D eigenvalue weighted by molar-refractivity contribution is 6.11. The first-order valence-corrected chi connectivity index (χ1v) is 9.42. The van der Waals surface area contributed by atoms with E-state index in [9.17, 15) is 0 Å². The van der Waals surface area contributed by atoms with Crippen LogP contribution in [0.3, 0.4) is 0 Å².